The molecule has 0 aliphatic heterocycles. The highest BCUT2D eigenvalue weighted by atomic mass is 16.5. The third-order valence-corrected chi connectivity index (χ3v) is 9.15. The summed E-state index contributed by atoms with van der Waals surface area (Å²) in [6, 6.07) is 0. The predicted octanol–water partition coefficient (Wildman–Crippen LogP) is 5.06. The number of fused-ring (bicyclic) bond motifs is 5. The smallest absolute Gasteiger partial charge is 0.0627 e. The van der Waals surface area contributed by atoms with Crippen LogP contribution in [0.2, 0.25) is 0 Å². The predicted molar refractivity (Wildman–Crippen MR) is 93.3 cm³/mol. The van der Waals surface area contributed by atoms with Gasteiger partial charge in [-0.05, 0) is 92.3 Å². The Labute approximate surface area is 142 Å². The summed E-state index contributed by atoms with van der Waals surface area (Å²) in [6.07, 6.45) is 13.5. The van der Waals surface area contributed by atoms with Gasteiger partial charge in [-0.1, -0.05) is 13.8 Å². The number of hydrogen-bond donors (Lipinski definition) is 0. The minimum Gasteiger partial charge on any atom is -0.381 e. The van der Waals surface area contributed by atoms with E-state index in [4.69, 9.17) is 9.47 Å². The average Bonchev–Trinajstić information content (AvgIpc) is 2.90. The first-order valence-electron chi connectivity index (χ1n) is 10.1. The topological polar surface area (TPSA) is 18.5 Å². The Kier molecular flexibility index (Phi) is 4.08. The van der Waals surface area contributed by atoms with Crippen molar-refractivity contribution in [1.82, 2.24) is 0 Å². The van der Waals surface area contributed by atoms with E-state index < -0.39 is 0 Å². The van der Waals surface area contributed by atoms with Crippen molar-refractivity contribution in [1.29, 1.82) is 0 Å². The highest BCUT2D eigenvalue weighted by molar-refractivity contribution is 5.09. The van der Waals surface area contributed by atoms with Crippen LogP contribution in [0.25, 0.3) is 0 Å². The second kappa shape index (κ2) is 5.73. The lowest BCUT2D eigenvalue weighted by atomic mass is 9.45. The second-order valence-electron chi connectivity index (χ2n) is 9.64. The van der Waals surface area contributed by atoms with Gasteiger partial charge in [-0.15, -0.1) is 0 Å². The molecule has 0 spiro atoms. The third-order valence-electron chi connectivity index (χ3n) is 9.15. The molecule has 2 unspecified atom stereocenters. The van der Waals surface area contributed by atoms with Gasteiger partial charge in [0.05, 0.1) is 12.2 Å². The molecule has 2 heteroatoms. The molecule has 0 aromatic rings. The zero-order valence-corrected chi connectivity index (χ0v) is 15.6. The minimum atomic E-state index is 0.461. The number of hydrogen-bond acceptors (Lipinski definition) is 2. The summed E-state index contributed by atoms with van der Waals surface area (Å²) in [5, 5.41) is 0. The molecule has 0 aromatic carbocycles. The van der Waals surface area contributed by atoms with Gasteiger partial charge in [0.1, 0.15) is 0 Å². The Morgan fingerprint density at radius 2 is 1.48 bits per heavy atom. The summed E-state index contributed by atoms with van der Waals surface area (Å²) >= 11 is 0. The SMILES string of the molecule is COC1CC[C@@]2(C)[C@@H](CC[C@@H]3[C@@H]2CC[C@]2(C)C(OC)CC[C@@H]32)C1. The summed E-state index contributed by atoms with van der Waals surface area (Å²) < 4.78 is 11.6. The van der Waals surface area contributed by atoms with E-state index in [1.54, 1.807) is 0 Å². The van der Waals surface area contributed by atoms with Crippen LogP contribution in [0.3, 0.4) is 0 Å². The zero-order valence-electron chi connectivity index (χ0n) is 15.6. The van der Waals surface area contributed by atoms with Gasteiger partial charge in [0, 0.05) is 14.2 Å². The highest BCUT2D eigenvalue weighted by Crippen LogP contribution is 2.66. The maximum atomic E-state index is 5.91. The minimum absolute atomic E-state index is 0.461. The first kappa shape index (κ1) is 16.4. The quantitative estimate of drug-likeness (QED) is 0.708. The van der Waals surface area contributed by atoms with Gasteiger partial charge in [0.25, 0.3) is 0 Å². The van der Waals surface area contributed by atoms with Gasteiger partial charge < -0.3 is 9.47 Å². The molecule has 0 N–H and O–H groups in total. The molecule has 4 aliphatic carbocycles. The molecule has 2 nitrogen and oxygen atoms in total. The van der Waals surface area contributed by atoms with Crippen LogP contribution in [0.15, 0.2) is 0 Å². The molecule has 132 valence electrons. The summed E-state index contributed by atoms with van der Waals surface area (Å²) in [4.78, 5) is 0. The van der Waals surface area contributed by atoms with Gasteiger partial charge in [-0.25, -0.2) is 0 Å². The first-order valence-corrected chi connectivity index (χ1v) is 10.1. The van der Waals surface area contributed by atoms with Crippen LogP contribution in [0.5, 0.6) is 0 Å². The Hall–Kier alpha value is -0.0800. The van der Waals surface area contributed by atoms with E-state index >= 15 is 0 Å². The van der Waals surface area contributed by atoms with Crippen molar-refractivity contribution in [2.45, 2.75) is 83.8 Å². The van der Waals surface area contributed by atoms with Crippen LogP contribution < -0.4 is 0 Å². The van der Waals surface area contributed by atoms with Gasteiger partial charge in [-0.2, -0.15) is 0 Å². The molecule has 0 saturated heterocycles. The van der Waals surface area contributed by atoms with Crippen molar-refractivity contribution < 1.29 is 9.47 Å². The summed E-state index contributed by atoms with van der Waals surface area (Å²) in [5.41, 5.74) is 1.05. The van der Waals surface area contributed by atoms with Crippen LogP contribution in [-0.2, 0) is 9.47 Å². The first-order chi connectivity index (χ1) is 11.0. The third kappa shape index (κ3) is 2.27. The lowest BCUT2D eigenvalue weighted by Crippen LogP contribution is -2.54. The molecule has 4 fully saturated rings. The molecule has 0 amide bonds. The van der Waals surface area contributed by atoms with E-state index in [0.29, 0.717) is 23.0 Å². The fourth-order valence-corrected chi connectivity index (χ4v) is 7.77. The Bertz CT molecular complexity index is 449. The molecule has 23 heavy (non-hydrogen) atoms. The standard InChI is InChI=1S/C21H36O2/c1-20-11-9-15(22-3)13-14(20)5-6-16-17-7-8-19(23-4)21(17,2)12-10-18(16)20/h14-19H,5-13H2,1-4H3/t14-,15?,16-,17-,18-,19?,20-,21-/m0/s1. The van der Waals surface area contributed by atoms with Crippen molar-refractivity contribution >= 4 is 0 Å². The molecule has 4 saturated carbocycles. The molecule has 8 atom stereocenters. The fraction of sp³-hybridized carbons (Fsp3) is 1.00. The van der Waals surface area contributed by atoms with E-state index in [2.05, 4.69) is 13.8 Å². The molecular weight excluding hydrogens is 284 g/mol. The van der Waals surface area contributed by atoms with Gasteiger partial charge >= 0.3 is 0 Å². The highest BCUT2D eigenvalue weighted by Gasteiger charge is 2.60. The number of methoxy groups -OCH3 is 2. The van der Waals surface area contributed by atoms with Crippen molar-refractivity contribution in [2.24, 2.45) is 34.5 Å². The second-order valence-corrected chi connectivity index (χ2v) is 9.64. The Morgan fingerprint density at radius 1 is 0.739 bits per heavy atom. The van der Waals surface area contributed by atoms with Crippen molar-refractivity contribution in [3.8, 4) is 0 Å². The van der Waals surface area contributed by atoms with Crippen molar-refractivity contribution in [2.75, 3.05) is 14.2 Å². The van der Waals surface area contributed by atoms with Gasteiger partial charge in [0.2, 0.25) is 0 Å². The van der Waals surface area contributed by atoms with Crippen LogP contribution in [0.4, 0.5) is 0 Å². The average molecular weight is 321 g/mol. The fourth-order valence-electron chi connectivity index (χ4n) is 7.77. The molecule has 0 aromatic heterocycles. The van der Waals surface area contributed by atoms with Crippen molar-refractivity contribution in [3.63, 3.8) is 0 Å². The van der Waals surface area contributed by atoms with Crippen LogP contribution in [0, 0.1) is 34.5 Å². The summed E-state index contributed by atoms with van der Waals surface area (Å²) in [5.74, 6) is 3.76. The molecule has 0 radical (unpaired) electrons. The Balaban J connectivity index is 1.58. The van der Waals surface area contributed by atoms with Gasteiger partial charge in [0.15, 0.2) is 0 Å². The van der Waals surface area contributed by atoms with E-state index in [-0.39, 0.29) is 0 Å². The molecule has 0 heterocycles. The molecule has 0 bridgehead atoms. The van der Waals surface area contributed by atoms with E-state index in [1.807, 2.05) is 14.2 Å². The van der Waals surface area contributed by atoms with Crippen molar-refractivity contribution in [3.05, 3.63) is 0 Å². The van der Waals surface area contributed by atoms with Crippen LogP contribution in [-0.4, -0.2) is 26.4 Å². The lowest BCUT2D eigenvalue weighted by Gasteiger charge is -2.61. The maximum absolute atomic E-state index is 5.91. The monoisotopic (exact) mass is 320 g/mol. The lowest BCUT2D eigenvalue weighted by molar-refractivity contribution is -0.140. The van der Waals surface area contributed by atoms with Crippen LogP contribution >= 0.6 is 0 Å². The van der Waals surface area contributed by atoms with E-state index in [0.717, 1.165) is 23.7 Å². The molecule has 4 rings (SSSR count). The maximum Gasteiger partial charge on any atom is 0.0627 e. The van der Waals surface area contributed by atoms with Crippen LogP contribution in [0.1, 0.15) is 71.6 Å². The summed E-state index contributed by atoms with van der Waals surface area (Å²) in [7, 11) is 3.85. The van der Waals surface area contributed by atoms with E-state index in [1.165, 1.54) is 57.8 Å². The van der Waals surface area contributed by atoms with E-state index in [9.17, 15) is 0 Å². The number of ether oxygens (including phenoxy) is 2. The molecular formula is C21H36O2. The van der Waals surface area contributed by atoms with Gasteiger partial charge in [-0.3, -0.25) is 0 Å². The Morgan fingerprint density at radius 3 is 2.22 bits per heavy atom. The number of rotatable bonds is 2. The normalized spacial score (nSPS) is 55.8. The largest absolute Gasteiger partial charge is 0.381 e. The summed E-state index contributed by atoms with van der Waals surface area (Å²) in [6.45, 7) is 5.19. The zero-order chi connectivity index (χ0) is 16.2. The molecule has 4 aliphatic rings.